The average molecular weight is 368 g/mol. The second kappa shape index (κ2) is 18.5. The van der Waals surface area contributed by atoms with Crippen molar-refractivity contribution < 1.29 is 14.3 Å². The number of hydrogen-bond donors (Lipinski definition) is 0. The molecule has 0 aliphatic carbocycles. The van der Waals surface area contributed by atoms with Crippen molar-refractivity contribution in [3.63, 3.8) is 0 Å². The summed E-state index contributed by atoms with van der Waals surface area (Å²) >= 11 is 0. The summed E-state index contributed by atoms with van der Waals surface area (Å²) in [4.78, 5) is 24.4. The highest BCUT2D eigenvalue weighted by atomic mass is 16.5. The third kappa shape index (κ3) is 16.2. The van der Waals surface area contributed by atoms with Gasteiger partial charge in [-0.3, -0.25) is 9.59 Å². The van der Waals surface area contributed by atoms with Gasteiger partial charge >= 0.3 is 5.97 Å². The molecule has 0 unspecified atom stereocenters. The maximum Gasteiger partial charge on any atom is 0.325 e. The Kier molecular flexibility index (Phi) is 17.5. The molecule has 0 N–H and O–H groups in total. The van der Waals surface area contributed by atoms with Crippen molar-refractivity contribution >= 4 is 11.9 Å². The first-order valence-corrected chi connectivity index (χ1v) is 10.6. The monoisotopic (exact) mass is 367 g/mol. The quantitative estimate of drug-likeness (QED) is 0.189. The fraction of sp³-hybridized carbons (Fsp3) is 0.818. The molecule has 0 bridgehead atoms. The van der Waals surface area contributed by atoms with Gasteiger partial charge in [-0.05, 0) is 32.1 Å². The maximum absolute atomic E-state index is 11.8. The van der Waals surface area contributed by atoms with Gasteiger partial charge < -0.3 is 9.64 Å². The van der Waals surface area contributed by atoms with Crippen LogP contribution in [0, 0.1) is 0 Å². The Balaban J connectivity index is 3.36. The number of esters is 1. The van der Waals surface area contributed by atoms with Crippen LogP contribution in [-0.4, -0.2) is 37.5 Å². The first kappa shape index (κ1) is 24.7. The fourth-order valence-corrected chi connectivity index (χ4v) is 2.88. The van der Waals surface area contributed by atoms with E-state index in [1.807, 2.05) is 0 Å². The largest absolute Gasteiger partial charge is 0.468 e. The maximum atomic E-state index is 11.8. The molecule has 4 heteroatoms. The highest BCUT2D eigenvalue weighted by Gasteiger charge is 2.12. The minimum atomic E-state index is -0.370. The fourth-order valence-electron chi connectivity index (χ4n) is 2.88. The van der Waals surface area contributed by atoms with Crippen molar-refractivity contribution in [3.05, 3.63) is 12.2 Å². The summed E-state index contributed by atoms with van der Waals surface area (Å²) in [5.74, 6) is -0.349. The van der Waals surface area contributed by atoms with Crippen LogP contribution < -0.4 is 0 Å². The van der Waals surface area contributed by atoms with Crippen molar-refractivity contribution in [3.8, 4) is 0 Å². The number of unbranched alkanes of at least 4 members (excludes halogenated alkanes) is 11. The van der Waals surface area contributed by atoms with Gasteiger partial charge in [-0.25, -0.2) is 0 Å². The Morgan fingerprint density at radius 3 is 1.85 bits per heavy atom. The van der Waals surface area contributed by atoms with Crippen LogP contribution in [0.1, 0.15) is 96.8 Å². The molecular weight excluding hydrogens is 326 g/mol. The van der Waals surface area contributed by atoms with Crippen molar-refractivity contribution in [2.24, 2.45) is 0 Å². The van der Waals surface area contributed by atoms with E-state index in [-0.39, 0.29) is 18.4 Å². The Morgan fingerprint density at radius 1 is 0.808 bits per heavy atom. The molecule has 0 aliphatic rings. The lowest BCUT2D eigenvalue weighted by Gasteiger charge is -2.15. The number of likely N-dealkylation sites (N-methyl/N-ethyl adjacent to an activating group) is 1. The average Bonchev–Trinajstić information content (AvgIpc) is 2.64. The normalized spacial score (nSPS) is 11.0. The number of methoxy groups -OCH3 is 1. The van der Waals surface area contributed by atoms with E-state index in [0.717, 1.165) is 12.8 Å². The molecule has 4 nitrogen and oxygen atoms in total. The lowest BCUT2D eigenvalue weighted by molar-refractivity contribution is -0.146. The minimum absolute atomic E-state index is 0.0213. The van der Waals surface area contributed by atoms with E-state index in [4.69, 9.17) is 0 Å². The molecule has 0 radical (unpaired) electrons. The number of ether oxygens (including phenoxy) is 1. The zero-order chi connectivity index (χ0) is 19.5. The summed E-state index contributed by atoms with van der Waals surface area (Å²) in [7, 11) is 2.99. The van der Waals surface area contributed by atoms with E-state index < -0.39 is 0 Å². The van der Waals surface area contributed by atoms with Gasteiger partial charge in [-0.2, -0.15) is 0 Å². The standard InChI is InChI=1S/C22H41NO3/c1-4-5-6-7-8-9-10-11-12-13-14-15-16-17-18-19-21(24)23(2)20-22(25)26-3/h11-12H,4-10,13-20H2,1-3H3/b12-11-. The summed E-state index contributed by atoms with van der Waals surface area (Å²) in [6, 6.07) is 0. The molecule has 0 saturated heterocycles. The third-order valence-corrected chi connectivity index (χ3v) is 4.67. The van der Waals surface area contributed by atoms with Gasteiger partial charge in [-0.1, -0.05) is 70.4 Å². The summed E-state index contributed by atoms with van der Waals surface area (Å²) in [6.45, 7) is 2.30. The van der Waals surface area contributed by atoms with Gasteiger partial charge in [0, 0.05) is 13.5 Å². The van der Waals surface area contributed by atoms with Crippen molar-refractivity contribution in [1.82, 2.24) is 4.90 Å². The predicted octanol–water partition coefficient (Wildman–Crippen LogP) is 5.66. The second-order valence-corrected chi connectivity index (χ2v) is 7.16. The van der Waals surface area contributed by atoms with Crippen LogP contribution in [-0.2, 0) is 14.3 Å². The van der Waals surface area contributed by atoms with Crippen LogP contribution in [0.4, 0.5) is 0 Å². The highest BCUT2D eigenvalue weighted by Crippen LogP contribution is 2.10. The number of amides is 1. The first-order valence-electron chi connectivity index (χ1n) is 10.6. The molecule has 0 atom stereocenters. The van der Waals surface area contributed by atoms with Crippen molar-refractivity contribution in [1.29, 1.82) is 0 Å². The Labute approximate surface area is 161 Å². The zero-order valence-electron chi connectivity index (χ0n) is 17.4. The minimum Gasteiger partial charge on any atom is -0.468 e. The number of rotatable bonds is 17. The molecule has 0 aromatic heterocycles. The van der Waals surface area contributed by atoms with Crippen LogP contribution in [0.3, 0.4) is 0 Å². The van der Waals surface area contributed by atoms with Crippen LogP contribution in [0.25, 0.3) is 0 Å². The summed E-state index contributed by atoms with van der Waals surface area (Å²) in [6.07, 6.45) is 21.4. The SMILES string of the molecule is CCCCCCCC/C=C\CCCCCCCC(=O)N(C)CC(=O)OC. The van der Waals surface area contributed by atoms with E-state index >= 15 is 0 Å². The molecule has 1 amide bonds. The van der Waals surface area contributed by atoms with Gasteiger partial charge in [0.1, 0.15) is 6.54 Å². The zero-order valence-corrected chi connectivity index (χ0v) is 17.4. The van der Waals surface area contributed by atoms with E-state index in [9.17, 15) is 9.59 Å². The van der Waals surface area contributed by atoms with Gasteiger partial charge in [-0.15, -0.1) is 0 Å². The van der Waals surface area contributed by atoms with Crippen LogP contribution in [0.15, 0.2) is 12.2 Å². The number of allylic oxidation sites excluding steroid dienone is 2. The second-order valence-electron chi connectivity index (χ2n) is 7.16. The van der Waals surface area contributed by atoms with Crippen LogP contribution in [0.2, 0.25) is 0 Å². The first-order chi connectivity index (χ1) is 12.6. The molecule has 26 heavy (non-hydrogen) atoms. The predicted molar refractivity (Wildman–Crippen MR) is 109 cm³/mol. The van der Waals surface area contributed by atoms with Gasteiger partial charge in [0.15, 0.2) is 0 Å². The Bertz CT molecular complexity index is 380. The van der Waals surface area contributed by atoms with Crippen molar-refractivity contribution in [2.75, 3.05) is 20.7 Å². The van der Waals surface area contributed by atoms with Gasteiger partial charge in [0.05, 0.1) is 7.11 Å². The molecule has 0 spiro atoms. The summed E-state index contributed by atoms with van der Waals surface area (Å²) in [5.41, 5.74) is 0. The lowest BCUT2D eigenvalue weighted by atomic mass is 10.1. The molecule has 152 valence electrons. The number of hydrogen-bond acceptors (Lipinski definition) is 3. The summed E-state index contributed by atoms with van der Waals surface area (Å²) < 4.78 is 4.56. The van der Waals surface area contributed by atoms with E-state index in [1.165, 1.54) is 82.6 Å². The Morgan fingerprint density at radius 2 is 1.31 bits per heavy atom. The van der Waals surface area contributed by atoms with Crippen LogP contribution in [0.5, 0.6) is 0 Å². The molecule has 0 aromatic carbocycles. The van der Waals surface area contributed by atoms with E-state index in [0.29, 0.717) is 6.42 Å². The van der Waals surface area contributed by atoms with Crippen LogP contribution >= 0.6 is 0 Å². The summed E-state index contributed by atoms with van der Waals surface area (Å²) in [5, 5.41) is 0. The van der Waals surface area contributed by atoms with E-state index in [2.05, 4.69) is 23.8 Å². The molecular formula is C22H41NO3. The third-order valence-electron chi connectivity index (χ3n) is 4.67. The van der Waals surface area contributed by atoms with E-state index in [1.54, 1.807) is 7.05 Å². The van der Waals surface area contributed by atoms with Gasteiger partial charge in [0.2, 0.25) is 5.91 Å². The smallest absolute Gasteiger partial charge is 0.325 e. The molecule has 0 heterocycles. The molecule has 0 rings (SSSR count). The number of carbonyl (C=O) groups excluding carboxylic acids is 2. The lowest BCUT2D eigenvalue weighted by Crippen LogP contribution is -2.32. The topological polar surface area (TPSA) is 46.6 Å². The molecule has 0 aromatic rings. The highest BCUT2D eigenvalue weighted by molar-refractivity contribution is 5.81. The number of carbonyl (C=O) groups is 2. The Hall–Kier alpha value is -1.32. The molecule has 0 aliphatic heterocycles. The number of nitrogens with zero attached hydrogens (tertiary/aromatic N) is 1. The van der Waals surface area contributed by atoms with Gasteiger partial charge in [0.25, 0.3) is 0 Å². The molecule has 0 saturated carbocycles. The van der Waals surface area contributed by atoms with Crippen molar-refractivity contribution in [2.45, 2.75) is 96.8 Å². The molecule has 0 fully saturated rings.